The number of hydrogen-bond donors (Lipinski definition) is 0. The van der Waals surface area contributed by atoms with E-state index in [4.69, 9.17) is 0 Å². The minimum atomic E-state index is -0.0319. The van der Waals surface area contributed by atoms with Crippen LogP contribution in [0.1, 0.15) is 13.8 Å². The molecule has 0 aliphatic heterocycles. The molecule has 0 aromatic heterocycles. The zero-order valence-electron chi connectivity index (χ0n) is 10.2. The molecule has 3 nitrogen and oxygen atoms in total. The van der Waals surface area contributed by atoms with Crippen molar-refractivity contribution in [2.45, 2.75) is 13.8 Å². The molecule has 15 heavy (non-hydrogen) atoms. The van der Waals surface area contributed by atoms with E-state index in [1.54, 1.807) is 29.2 Å². The predicted octanol–water partition coefficient (Wildman–Crippen LogP) is 2.00. The third kappa shape index (κ3) is 3.36. The van der Waals surface area contributed by atoms with Crippen molar-refractivity contribution in [1.82, 2.24) is 10.0 Å². The molecule has 0 rings (SSSR count). The maximum absolute atomic E-state index is 12.0. The summed E-state index contributed by atoms with van der Waals surface area (Å²) in [5.41, 5.74) is 1.53. The van der Waals surface area contributed by atoms with E-state index in [0.29, 0.717) is 5.57 Å². The first-order chi connectivity index (χ1) is 6.99. The lowest BCUT2D eigenvalue weighted by molar-refractivity contribution is -0.136. The van der Waals surface area contributed by atoms with Crippen molar-refractivity contribution in [3.05, 3.63) is 36.0 Å². The summed E-state index contributed by atoms with van der Waals surface area (Å²) in [6.45, 7) is 7.44. The SMILES string of the molecule is C=CC(=C/C)/C(=C\C)C(=O)N(C)N(C)C. The second-order valence-electron chi connectivity index (χ2n) is 3.33. The van der Waals surface area contributed by atoms with Gasteiger partial charge in [0, 0.05) is 26.7 Å². The van der Waals surface area contributed by atoms with Crippen LogP contribution in [0.4, 0.5) is 0 Å². The monoisotopic (exact) mass is 208 g/mol. The summed E-state index contributed by atoms with van der Waals surface area (Å²) < 4.78 is 0. The topological polar surface area (TPSA) is 23.6 Å². The van der Waals surface area contributed by atoms with E-state index >= 15 is 0 Å². The molecule has 0 unspecified atom stereocenters. The van der Waals surface area contributed by atoms with Gasteiger partial charge in [0.25, 0.3) is 5.91 Å². The minimum Gasteiger partial charge on any atom is -0.275 e. The van der Waals surface area contributed by atoms with Crippen LogP contribution in [0.2, 0.25) is 0 Å². The number of rotatable bonds is 4. The van der Waals surface area contributed by atoms with E-state index in [-0.39, 0.29) is 5.91 Å². The van der Waals surface area contributed by atoms with Gasteiger partial charge in [0.05, 0.1) is 0 Å². The zero-order chi connectivity index (χ0) is 12.0. The van der Waals surface area contributed by atoms with Gasteiger partial charge < -0.3 is 0 Å². The van der Waals surface area contributed by atoms with Gasteiger partial charge in [-0.05, 0) is 19.4 Å². The smallest absolute Gasteiger partial charge is 0.268 e. The molecule has 0 fully saturated rings. The predicted molar refractivity (Wildman–Crippen MR) is 64.2 cm³/mol. The quantitative estimate of drug-likeness (QED) is 0.401. The summed E-state index contributed by atoms with van der Waals surface area (Å²) in [6, 6.07) is 0. The van der Waals surface area contributed by atoms with Crippen LogP contribution in [0.5, 0.6) is 0 Å². The Morgan fingerprint density at radius 2 is 1.67 bits per heavy atom. The number of carbonyl (C=O) groups excluding carboxylic acids is 1. The lowest BCUT2D eigenvalue weighted by atomic mass is 10.1. The number of carbonyl (C=O) groups is 1. The van der Waals surface area contributed by atoms with E-state index in [2.05, 4.69) is 6.58 Å². The standard InChI is InChI=1S/C12H20N2O/c1-7-10(8-2)11(9-3)12(15)14(6)13(4)5/h7-9H,1H2,2-6H3/b10-8-,11-9+. The van der Waals surface area contributed by atoms with Crippen LogP contribution < -0.4 is 0 Å². The largest absolute Gasteiger partial charge is 0.275 e. The summed E-state index contributed by atoms with van der Waals surface area (Å²) in [5, 5.41) is 3.30. The number of hydrogen-bond acceptors (Lipinski definition) is 2. The van der Waals surface area contributed by atoms with Crippen LogP contribution in [-0.2, 0) is 4.79 Å². The van der Waals surface area contributed by atoms with Gasteiger partial charge in [0.2, 0.25) is 0 Å². The zero-order valence-corrected chi connectivity index (χ0v) is 10.2. The molecule has 3 heteroatoms. The van der Waals surface area contributed by atoms with Crippen LogP contribution in [-0.4, -0.2) is 37.1 Å². The average Bonchev–Trinajstić information content (AvgIpc) is 2.23. The second-order valence-corrected chi connectivity index (χ2v) is 3.33. The molecular weight excluding hydrogens is 188 g/mol. The van der Waals surface area contributed by atoms with Gasteiger partial charge in [0.15, 0.2) is 0 Å². The van der Waals surface area contributed by atoms with Crippen LogP contribution in [0, 0.1) is 0 Å². The first-order valence-corrected chi connectivity index (χ1v) is 4.90. The summed E-state index contributed by atoms with van der Waals surface area (Å²) >= 11 is 0. The molecule has 84 valence electrons. The molecule has 0 aliphatic carbocycles. The third-order valence-corrected chi connectivity index (χ3v) is 2.25. The highest BCUT2D eigenvalue weighted by Crippen LogP contribution is 2.14. The molecule has 0 aromatic rings. The molecule has 0 bridgehead atoms. The Bertz CT molecular complexity index is 301. The molecule has 0 saturated carbocycles. The van der Waals surface area contributed by atoms with Crippen LogP contribution >= 0.6 is 0 Å². The molecule has 0 spiro atoms. The average molecular weight is 208 g/mol. The van der Waals surface area contributed by atoms with Crippen molar-refractivity contribution < 1.29 is 4.79 Å². The molecule has 0 saturated heterocycles. The van der Waals surface area contributed by atoms with Gasteiger partial charge in [0.1, 0.15) is 0 Å². The van der Waals surface area contributed by atoms with Crippen LogP contribution in [0.25, 0.3) is 0 Å². The summed E-state index contributed by atoms with van der Waals surface area (Å²) in [4.78, 5) is 12.0. The van der Waals surface area contributed by atoms with Gasteiger partial charge >= 0.3 is 0 Å². The van der Waals surface area contributed by atoms with Crippen molar-refractivity contribution in [3.8, 4) is 0 Å². The number of hydrazine groups is 1. The molecule has 0 aromatic carbocycles. The van der Waals surface area contributed by atoms with Gasteiger partial charge in [-0.25, -0.2) is 5.01 Å². The number of likely N-dealkylation sites (N-methyl/N-ethyl adjacent to an activating group) is 1. The molecule has 0 heterocycles. The van der Waals surface area contributed by atoms with Gasteiger partial charge in [-0.2, -0.15) is 0 Å². The highest BCUT2D eigenvalue weighted by Gasteiger charge is 2.16. The van der Waals surface area contributed by atoms with E-state index in [1.807, 2.05) is 34.0 Å². The molecule has 0 atom stereocenters. The first kappa shape index (κ1) is 13.7. The van der Waals surface area contributed by atoms with Gasteiger partial charge in [-0.15, -0.1) is 0 Å². The van der Waals surface area contributed by atoms with E-state index in [0.717, 1.165) is 5.57 Å². The Kier molecular flexibility index (Phi) is 5.64. The second kappa shape index (κ2) is 6.19. The van der Waals surface area contributed by atoms with E-state index in [9.17, 15) is 4.79 Å². The van der Waals surface area contributed by atoms with Crippen LogP contribution in [0.15, 0.2) is 36.0 Å². The van der Waals surface area contributed by atoms with Crippen LogP contribution in [0.3, 0.4) is 0 Å². The highest BCUT2D eigenvalue weighted by molar-refractivity contribution is 5.98. The van der Waals surface area contributed by atoms with Crippen molar-refractivity contribution in [3.63, 3.8) is 0 Å². The highest BCUT2D eigenvalue weighted by atomic mass is 16.2. The number of nitrogens with zero attached hydrogens (tertiary/aromatic N) is 2. The normalized spacial score (nSPS) is 12.9. The van der Waals surface area contributed by atoms with E-state index in [1.165, 1.54) is 0 Å². The van der Waals surface area contributed by atoms with Crippen molar-refractivity contribution >= 4 is 5.91 Å². The molecular formula is C12H20N2O. The Labute approximate surface area is 92.3 Å². The van der Waals surface area contributed by atoms with Gasteiger partial charge in [-0.1, -0.05) is 24.8 Å². The van der Waals surface area contributed by atoms with Crippen molar-refractivity contribution in [2.24, 2.45) is 0 Å². The molecule has 0 N–H and O–H groups in total. The van der Waals surface area contributed by atoms with Crippen molar-refractivity contribution in [1.29, 1.82) is 0 Å². The Hall–Kier alpha value is -1.35. The van der Waals surface area contributed by atoms with Crippen molar-refractivity contribution in [2.75, 3.05) is 21.1 Å². The maximum Gasteiger partial charge on any atom is 0.268 e. The number of amides is 1. The summed E-state index contributed by atoms with van der Waals surface area (Å²) in [7, 11) is 5.39. The Morgan fingerprint density at radius 3 is 1.93 bits per heavy atom. The third-order valence-electron chi connectivity index (χ3n) is 2.25. The Morgan fingerprint density at radius 1 is 1.13 bits per heavy atom. The summed E-state index contributed by atoms with van der Waals surface area (Å²) in [5.74, 6) is -0.0319. The van der Waals surface area contributed by atoms with E-state index < -0.39 is 0 Å². The lowest BCUT2D eigenvalue weighted by Gasteiger charge is -2.25. The fraction of sp³-hybridized carbons (Fsp3) is 0.417. The maximum atomic E-state index is 12.0. The first-order valence-electron chi connectivity index (χ1n) is 4.90. The molecule has 1 amide bonds. The molecule has 0 radical (unpaired) electrons. The number of allylic oxidation sites excluding steroid dienone is 3. The minimum absolute atomic E-state index is 0.0319. The van der Waals surface area contributed by atoms with Gasteiger partial charge in [-0.3, -0.25) is 9.80 Å². The lowest BCUT2D eigenvalue weighted by Crippen LogP contribution is -2.39. The summed E-state index contributed by atoms with van der Waals surface area (Å²) in [6.07, 6.45) is 5.37. The Balaban J connectivity index is 5.02. The fourth-order valence-electron chi connectivity index (χ4n) is 1.15. The molecule has 0 aliphatic rings. The fourth-order valence-corrected chi connectivity index (χ4v) is 1.15.